The van der Waals surface area contributed by atoms with Gasteiger partial charge < -0.3 is 9.52 Å². The maximum atomic E-state index is 11.2. The van der Waals surface area contributed by atoms with Crippen LogP contribution in [-0.4, -0.2) is 10.1 Å². The summed E-state index contributed by atoms with van der Waals surface area (Å²) in [4.78, 5) is 13.8. The summed E-state index contributed by atoms with van der Waals surface area (Å²) in [6, 6.07) is 5.55. The van der Waals surface area contributed by atoms with Gasteiger partial charge in [0.1, 0.15) is 0 Å². The van der Waals surface area contributed by atoms with Crippen molar-refractivity contribution in [3.8, 4) is 0 Å². The smallest absolute Gasteiger partial charge is 0.408 e. The Morgan fingerprint density at radius 2 is 2.00 bits per heavy atom. The highest BCUT2D eigenvalue weighted by Crippen LogP contribution is 2.72. The molecule has 4 heteroatoms. The second kappa shape index (κ2) is 3.55. The van der Waals surface area contributed by atoms with Gasteiger partial charge in [0.25, 0.3) is 0 Å². The van der Waals surface area contributed by atoms with Crippen LogP contribution in [0.15, 0.2) is 27.4 Å². The van der Waals surface area contributed by atoms with E-state index in [2.05, 4.69) is 4.98 Å². The van der Waals surface area contributed by atoms with Crippen LogP contribution in [0.2, 0.25) is 0 Å². The molecule has 5 rings (SSSR count). The summed E-state index contributed by atoms with van der Waals surface area (Å²) >= 11 is 0. The number of aromatic nitrogens is 1. The fourth-order valence-corrected chi connectivity index (χ4v) is 5.18. The summed E-state index contributed by atoms with van der Waals surface area (Å²) in [5, 5.41) is 10.7. The van der Waals surface area contributed by atoms with E-state index in [1.807, 2.05) is 18.2 Å². The topological polar surface area (TPSA) is 66.2 Å². The molecule has 2 aromatic rings. The zero-order chi connectivity index (χ0) is 13.4. The van der Waals surface area contributed by atoms with Gasteiger partial charge in [-0.05, 0) is 66.5 Å². The SMILES string of the molecule is O=c1[nH]c2ccc(C(O)C3C4C5CCC(C5)C43)cc2o1. The summed E-state index contributed by atoms with van der Waals surface area (Å²) in [5.74, 6) is 3.21. The van der Waals surface area contributed by atoms with Crippen molar-refractivity contribution in [3.05, 3.63) is 34.3 Å². The van der Waals surface area contributed by atoms with Gasteiger partial charge in [-0.3, -0.25) is 4.98 Å². The molecule has 0 aliphatic heterocycles. The summed E-state index contributed by atoms with van der Waals surface area (Å²) in [5.41, 5.74) is 2.13. The van der Waals surface area contributed by atoms with Crippen LogP contribution in [0.4, 0.5) is 0 Å². The minimum Gasteiger partial charge on any atom is -0.408 e. The van der Waals surface area contributed by atoms with Crippen LogP contribution in [0.1, 0.15) is 30.9 Å². The Balaban J connectivity index is 1.48. The van der Waals surface area contributed by atoms with Crippen molar-refractivity contribution in [2.24, 2.45) is 29.6 Å². The van der Waals surface area contributed by atoms with E-state index < -0.39 is 11.9 Å². The van der Waals surface area contributed by atoms with Crippen molar-refractivity contribution in [1.29, 1.82) is 0 Å². The second-order valence-electron chi connectivity index (χ2n) is 6.78. The first-order valence-electron chi connectivity index (χ1n) is 7.53. The zero-order valence-corrected chi connectivity index (χ0v) is 11.1. The van der Waals surface area contributed by atoms with E-state index in [9.17, 15) is 9.90 Å². The predicted octanol–water partition coefficient (Wildman–Crippen LogP) is 2.45. The molecule has 1 aromatic heterocycles. The van der Waals surface area contributed by atoms with Crippen molar-refractivity contribution in [3.63, 3.8) is 0 Å². The number of hydrogen-bond acceptors (Lipinski definition) is 3. The third-order valence-electron chi connectivity index (χ3n) is 5.95. The molecule has 3 aliphatic rings. The van der Waals surface area contributed by atoms with Gasteiger partial charge in [0.2, 0.25) is 0 Å². The average molecular weight is 271 g/mol. The molecule has 0 saturated heterocycles. The van der Waals surface area contributed by atoms with Crippen LogP contribution >= 0.6 is 0 Å². The van der Waals surface area contributed by atoms with Crippen LogP contribution in [0, 0.1) is 29.6 Å². The molecule has 1 heterocycles. The molecule has 0 radical (unpaired) electrons. The number of aliphatic hydroxyl groups excluding tert-OH is 1. The monoisotopic (exact) mass is 271 g/mol. The minimum atomic E-state index is -0.437. The molecular formula is C16H17NO3. The van der Waals surface area contributed by atoms with Gasteiger partial charge in [-0.15, -0.1) is 0 Å². The lowest BCUT2D eigenvalue weighted by Crippen LogP contribution is -2.08. The summed E-state index contributed by atoms with van der Waals surface area (Å²) in [7, 11) is 0. The summed E-state index contributed by atoms with van der Waals surface area (Å²) in [6.45, 7) is 0. The van der Waals surface area contributed by atoms with Crippen molar-refractivity contribution < 1.29 is 9.52 Å². The van der Waals surface area contributed by atoms with Gasteiger partial charge >= 0.3 is 5.76 Å². The van der Waals surface area contributed by atoms with Crippen LogP contribution in [-0.2, 0) is 0 Å². The van der Waals surface area contributed by atoms with E-state index >= 15 is 0 Å². The predicted molar refractivity (Wildman–Crippen MR) is 73.1 cm³/mol. The van der Waals surface area contributed by atoms with Gasteiger partial charge in [-0.25, -0.2) is 4.79 Å². The number of oxazole rings is 1. The maximum absolute atomic E-state index is 11.2. The molecule has 0 amide bonds. The Bertz CT molecular complexity index is 730. The number of aliphatic hydroxyl groups is 1. The number of fused-ring (bicyclic) bond motifs is 6. The molecule has 3 aliphatic carbocycles. The van der Waals surface area contributed by atoms with Crippen LogP contribution in [0.5, 0.6) is 0 Å². The number of nitrogens with one attached hydrogen (secondary N) is 1. The third kappa shape index (κ3) is 1.32. The fourth-order valence-electron chi connectivity index (χ4n) is 5.18. The Morgan fingerprint density at radius 3 is 2.75 bits per heavy atom. The van der Waals surface area contributed by atoms with Gasteiger partial charge in [0, 0.05) is 0 Å². The standard InChI is InChI=1S/C16H17NO3/c18-15(14-12-7-1-2-8(5-7)13(12)14)9-3-4-10-11(6-9)20-16(19)17-10/h3-4,6-8,12-15,18H,1-2,5H2,(H,17,19). The number of benzene rings is 1. The molecule has 104 valence electrons. The number of rotatable bonds is 2. The molecule has 5 unspecified atom stereocenters. The highest BCUT2D eigenvalue weighted by molar-refractivity contribution is 5.72. The van der Waals surface area contributed by atoms with E-state index in [0.717, 1.165) is 29.2 Å². The first-order chi connectivity index (χ1) is 9.72. The lowest BCUT2D eigenvalue weighted by molar-refractivity contribution is 0.130. The van der Waals surface area contributed by atoms with Crippen molar-refractivity contribution >= 4 is 11.1 Å². The van der Waals surface area contributed by atoms with Gasteiger partial charge in [0.05, 0.1) is 11.6 Å². The molecule has 5 atom stereocenters. The molecular weight excluding hydrogens is 254 g/mol. The van der Waals surface area contributed by atoms with E-state index in [0.29, 0.717) is 17.0 Å². The molecule has 1 aromatic carbocycles. The van der Waals surface area contributed by atoms with Crippen molar-refractivity contribution in [1.82, 2.24) is 4.98 Å². The molecule has 4 nitrogen and oxygen atoms in total. The summed E-state index contributed by atoms with van der Waals surface area (Å²) < 4.78 is 5.09. The van der Waals surface area contributed by atoms with Gasteiger partial charge in [0.15, 0.2) is 5.58 Å². The zero-order valence-electron chi connectivity index (χ0n) is 11.1. The molecule has 3 fully saturated rings. The largest absolute Gasteiger partial charge is 0.417 e. The second-order valence-corrected chi connectivity index (χ2v) is 6.78. The normalized spacial score (nSPS) is 39.1. The van der Waals surface area contributed by atoms with E-state index in [1.165, 1.54) is 19.3 Å². The minimum absolute atomic E-state index is 0.405. The highest BCUT2D eigenvalue weighted by Gasteiger charge is 2.66. The van der Waals surface area contributed by atoms with Crippen molar-refractivity contribution in [2.75, 3.05) is 0 Å². The molecule has 3 saturated carbocycles. The number of H-pyrrole nitrogens is 1. The Labute approximate surface area is 115 Å². The van der Waals surface area contributed by atoms with E-state index in [4.69, 9.17) is 4.42 Å². The Morgan fingerprint density at radius 1 is 1.25 bits per heavy atom. The lowest BCUT2D eigenvalue weighted by Gasteiger charge is -2.15. The first-order valence-corrected chi connectivity index (χ1v) is 7.53. The average Bonchev–Trinajstić information content (AvgIpc) is 2.76. The Kier molecular flexibility index (Phi) is 1.98. The number of aromatic amines is 1. The quantitative estimate of drug-likeness (QED) is 0.881. The van der Waals surface area contributed by atoms with E-state index in [1.54, 1.807) is 0 Å². The Hall–Kier alpha value is -1.55. The van der Waals surface area contributed by atoms with Crippen LogP contribution < -0.4 is 5.76 Å². The maximum Gasteiger partial charge on any atom is 0.417 e. The lowest BCUT2D eigenvalue weighted by atomic mass is 9.95. The third-order valence-corrected chi connectivity index (χ3v) is 5.95. The molecule has 20 heavy (non-hydrogen) atoms. The molecule has 2 bridgehead atoms. The number of hydrogen-bond donors (Lipinski definition) is 2. The van der Waals surface area contributed by atoms with Gasteiger partial charge in [-0.1, -0.05) is 6.07 Å². The summed E-state index contributed by atoms with van der Waals surface area (Å²) in [6.07, 6.45) is 3.71. The van der Waals surface area contributed by atoms with E-state index in [-0.39, 0.29) is 0 Å². The van der Waals surface area contributed by atoms with Crippen LogP contribution in [0.3, 0.4) is 0 Å². The molecule has 2 N–H and O–H groups in total. The fraction of sp³-hybridized carbons (Fsp3) is 0.562. The first kappa shape index (κ1) is 11.1. The highest BCUT2D eigenvalue weighted by atomic mass is 16.4. The molecule has 0 spiro atoms. The van der Waals surface area contributed by atoms with Gasteiger partial charge in [-0.2, -0.15) is 0 Å². The van der Waals surface area contributed by atoms with Crippen molar-refractivity contribution in [2.45, 2.75) is 25.4 Å². The van der Waals surface area contributed by atoms with Crippen LogP contribution in [0.25, 0.3) is 11.1 Å².